The zero-order valence-corrected chi connectivity index (χ0v) is 20.5. The van der Waals surface area contributed by atoms with Gasteiger partial charge < -0.3 is 15.1 Å². The van der Waals surface area contributed by atoms with Crippen LogP contribution in [0.4, 0.5) is 23.1 Å². The third-order valence-electron chi connectivity index (χ3n) is 5.95. The molecule has 8 heteroatoms. The molecule has 0 fully saturated rings. The van der Waals surface area contributed by atoms with Crippen LogP contribution in [0.5, 0.6) is 0 Å². The molecule has 2 aromatic carbocycles. The number of fused-ring (bicyclic) bond motifs is 1. The molecule has 3 heterocycles. The lowest BCUT2D eigenvalue weighted by Crippen LogP contribution is -2.22. The van der Waals surface area contributed by atoms with Gasteiger partial charge in [0.2, 0.25) is 5.95 Å². The normalized spacial score (nSPS) is 15.4. The average Bonchev–Trinajstić information content (AvgIpc) is 3.53. The maximum atomic E-state index is 5.01. The van der Waals surface area contributed by atoms with E-state index in [0.717, 1.165) is 46.9 Å². The Morgan fingerprint density at radius 3 is 2.56 bits per heavy atom. The monoisotopic (exact) mass is 471 g/mol. The molecule has 0 saturated carbocycles. The van der Waals surface area contributed by atoms with Crippen LogP contribution in [0.1, 0.15) is 18.0 Å². The third-order valence-corrected chi connectivity index (χ3v) is 6.85. The second kappa shape index (κ2) is 9.79. The average molecular weight is 472 g/mol. The molecule has 174 valence electrons. The number of rotatable bonds is 8. The van der Waals surface area contributed by atoms with E-state index in [2.05, 4.69) is 84.3 Å². The second-order valence-corrected chi connectivity index (χ2v) is 9.54. The number of benzene rings is 2. The summed E-state index contributed by atoms with van der Waals surface area (Å²) in [6.07, 6.45) is 2.83. The molecule has 0 spiro atoms. The first-order valence-corrected chi connectivity index (χ1v) is 12.3. The van der Waals surface area contributed by atoms with Gasteiger partial charge in [0.05, 0.1) is 16.3 Å². The summed E-state index contributed by atoms with van der Waals surface area (Å²) in [6.45, 7) is 1.89. The first kappa shape index (κ1) is 22.3. The van der Waals surface area contributed by atoms with E-state index in [1.54, 1.807) is 11.3 Å². The van der Waals surface area contributed by atoms with E-state index >= 15 is 0 Å². The van der Waals surface area contributed by atoms with E-state index in [4.69, 9.17) is 15.1 Å². The summed E-state index contributed by atoms with van der Waals surface area (Å²) >= 11 is 1.65. The molecule has 34 heavy (non-hydrogen) atoms. The summed E-state index contributed by atoms with van der Waals surface area (Å²) in [7, 11) is 6.16. The zero-order valence-electron chi connectivity index (χ0n) is 19.7. The van der Waals surface area contributed by atoms with Crippen LogP contribution < -0.4 is 15.2 Å². The smallest absolute Gasteiger partial charge is 0.232 e. The molecule has 1 aliphatic heterocycles. The van der Waals surface area contributed by atoms with Gasteiger partial charge in [-0.05, 0) is 55.4 Å². The SMILES string of the molecule is CN(C)CCNc1ccc(N(C)c2nc(N3N=CCC3c3ccccc3)c3sccc3n2)cc1. The number of hydrogen-bond donors (Lipinski definition) is 1. The van der Waals surface area contributed by atoms with Crippen LogP contribution in [0.3, 0.4) is 0 Å². The van der Waals surface area contributed by atoms with Gasteiger partial charge in [0.25, 0.3) is 0 Å². The van der Waals surface area contributed by atoms with Crippen LogP contribution in [0.15, 0.2) is 71.1 Å². The highest BCUT2D eigenvalue weighted by Crippen LogP contribution is 2.39. The Bertz CT molecular complexity index is 1270. The summed E-state index contributed by atoms with van der Waals surface area (Å²) in [5.41, 5.74) is 4.30. The summed E-state index contributed by atoms with van der Waals surface area (Å²) in [5, 5.41) is 12.3. The Morgan fingerprint density at radius 2 is 1.79 bits per heavy atom. The van der Waals surface area contributed by atoms with Crippen molar-refractivity contribution >= 4 is 50.9 Å². The van der Waals surface area contributed by atoms with Crippen molar-refractivity contribution in [2.45, 2.75) is 12.5 Å². The molecule has 1 aliphatic rings. The number of likely N-dealkylation sites (N-methyl/N-ethyl adjacent to an activating group) is 1. The minimum Gasteiger partial charge on any atom is -0.384 e. The van der Waals surface area contributed by atoms with Gasteiger partial charge in [-0.3, -0.25) is 0 Å². The highest BCUT2D eigenvalue weighted by atomic mass is 32.1. The highest BCUT2D eigenvalue weighted by Gasteiger charge is 2.28. The third kappa shape index (κ3) is 4.60. The van der Waals surface area contributed by atoms with Crippen molar-refractivity contribution in [2.75, 3.05) is 49.5 Å². The largest absolute Gasteiger partial charge is 0.384 e. The van der Waals surface area contributed by atoms with Crippen molar-refractivity contribution in [3.8, 4) is 0 Å². The quantitative estimate of drug-likeness (QED) is 0.373. The molecule has 5 rings (SSSR count). The molecule has 1 N–H and O–H groups in total. The van der Waals surface area contributed by atoms with Crippen molar-refractivity contribution in [1.82, 2.24) is 14.9 Å². The predicted octanol–water partition coefficient (Wildman–Crippen LogP) is 5.37. The van der Waals surface area contributed by atoms with Crippen LogP contribution >= 0.6 is 11.3 Å². The Kier molecular flexibility index (Phi) is 6.42. The standard InChI is InChI=1S/C26H29N7S/c1-31(2)17-16-27-20-9-11-21(12-10-20)32(3)26-29-22-14-18-34-24(22)25(30-26)33-23(13-15-28-33)19-7-5-4-6-8-19/h4-12,14-15,18,23,27H,13,16-17H2,1-3H3. The zero-order chi connectivity index (χ0) is 23.5. The summed E-state index contributed by atoms with van der Waals surface area (Å²) in [6, 6.07) is 21.1. The molecule has 4 aromatic rings. The minimum atomic E-state index is 0.132. The fraction of sp³-hybridized carbons (Fsp3) is 0.269. The lowest BCUT2D eigenvalue weighted by molar-refractivity contribution is 0.425. The molecule has 1 unspecified atom stereocenters. The summed E-state index contributed by atoms with van der Waals surface area (Å²) in [4.78, 5) is 14.1. The van der Waals surface area contributed by atoms with Crippen LogP contribution in [0.2, 0.25) is 0 Å². The van der Waals surface area contributed by atoms with Crippen molar-refractivity contribution in [3.05, 3.63) is 71.6 Å². The first-order chi connectivity index (χ1) is 16.6. The summed E-state index contributed by atoms with van der Waals surface area (Å²) in [5.74, 6) is 1.51. The van der Waals surface area contributed by atoms with Gasteiger partial charge in [0.15, 0.2) is 5.82 Å². The molecule has 0 saturated heterocycles. The molecular formula is C26H29N7S. The minimum absolute atomic E-state index is 0.132. The fourth-order valence-corrected chi connectivity index (χ4v) is 4.87. The van der Waals surface area contributed by atoms with Gasteiger partial charge in [-0.1, -0.05) is 30.3 Å². The number of nitrogens with zero attached hydrogens (tertiary/aromatic N) is 6. The van der Waals surface area contributed by atoms with Crippen molar-refractivity contribution in [1.29, 1.82) is 0 Å². The topological polar surface area (TPSA) is 59.9 Å². The summed E-state index contributed by atoms with van der Waals surface area (Å²) < 4.78 is 1.05. The molecule has 0 amide bonds. The molecule has 2 aromatic heterocycles. The predicted molar refractivity (Wildman–Crippen MR) is 144 cm³/mol. The molecular weight excluding hydrogens is 442 g/mol. The number of thiophene rings is 1. The number of nitrogens with one attached hydrogen (secondary N) is 1. The van der Waals surface area contributed by atoms with Gasteiger partial charge in [0, 0.05) is 44.1 Å². The van der Waals surface area contributed by atoms with E-state index in [-0.39, 0.29) is 6.04 Å². The lowest BCUT2D eigenvalue weighted by Gasteiger charge is -2.25. The maximum absolute atomic E-state index is 5.01. The molecule has 0 radical (unpaired) electrons. The van der Waals surface area contributed by atoms with Crippen LogP contribution in [0.25, 0.3) is 10.2 Å². The number of anilines is 4. The van der Waals surface area contributed by atoms with E-state index in [9.17, 15) is 0 Å². The number of hydrazone groups is 1. The molecule has 0 bridgehead atoms. The Balaban J connectivity index is 1.43. The van der Waals surface area contributed by atoms with Crippen LogP contribution in [-0.2, 0) is 0 Å². The van der Waals surface area contributed by atoms with E-state index in [1.165, 1.54) is 5.56 Å². The van der Waals surface area contributed by atoms with Gasteiger partial charge in [-0.2, -0.15) is 10.1 Å². The van der Waals surface area contributed by atoms with E-state index < -0.39 is 0 Å². The van der Waals surface area contributed by atoms with E-state index in [0.29, 0.717) is 5.95 Å². The Morgan fingerprint density at radius 1 is 1.00 bits per heavy atom. The maximum Gasteiger partial charge on any atom is 0.232 e. The van der Waals surface area contributed by atoms with Crippen molar-refractivity contribution < 1.29 is 0 Å². The lowest BCUT2D eigenvalue weighted by atomic mass is 10.0. The fourth-order valence-electron chi connectivity index (χ4n) is 4.05. The van der Waals surface area contributed by atoms with Gasteiger partial charge in [-0.15, -0.1) is 11.3 Å². The first-order valence-electron chi connectivity index (χ1n) is 11.4. The van der Waals surface area contributed by atoms with Gasteiger partial charge >= 0.3 is 0 Å². The van der Waals surface area contributed by atoms with Gasteiger partial charge in [-0.25, -0.2) is 9.99 Å². The van der Waals surface area contributed by atoms with Crippen molar-refractivity contribution in [2.24, 2.45) is 5.10 Å². The van der Waals surface area contributed by atoms with Crippen LogP contribution in [0, 0.1) is 0 Å². The molecule has 1 atom stereocenters. The Hall–Kier alpha value is -3.49. The molecule has 0 aliphatic carbocycles. The second-order valence-electron chi connectivity index (χ2n) is 8.62. The number of aromatic nitrogens is 2. The highest BCUT2D eigenvalue weighted by molar-refractivity contribution is 7.17. The number of hydrogen-bond acceptors (Lipinski definition) is 8. The van der Waals surface area contributed by atoms with Crippen molar-refractivity contribution in [3.63, 3.8) is 0 Å². The van der Waals surface area contributed by atoms with E-state index in [1.807, 2.05) is 29.2 Å². The van der Waals surface area contributed by atoms with Crippen LogP contribution in [-0.4, -0.2) is 55.3 Å². The van der Waals surface area contributed by atoms with Gasteiger partial charge in [0.1, 0.15) is 0 Å². The molecule has 7 nitrogen and oxygen atoms in total. The Labute approximate surface area is 204 Å².